The number of hydrogen-bond donors (Lipinski definition) is 1. The molecule has 3 heteroatoms. The normalized spacial score (nSPS) is 11.6. The zero-order valence-electron chi connectivity index (χ0n) is 5.77. The molecule has 0 atom stereocenters. The average Bonchev–Trinajstić information content (AvgIpc) is 1.98. The number of aromatic amines is 1. The van der Waals surface area contributed by atoms with Crippen LogP contribution in [0.4, 0.5) is 4.39 Å². The summed E-state index contributed by atoms with van der Waals surface area (Å²) in [5.41, 5.74) is 1.12. The highest BCUT2D eigenvalue weighted by atomic mass is 19.1. The maximum atomic E-state index is 12.3. The summed E-state index contributed by atoms with van der Waals surface area (Å²) < 4.78 is 19.2. The molecule has 0 aliphatic rings. The van der Waals surface area contributed by atoms with Crippen LogP contribution < -0.4 is 0 Å². The molecule has 0 saturated carbocycles. The van der Waals surface area contributed by atoms with E-state index in [0.29, 0.717) is 16.4 Å². The molecule has 1 heterocycles. The molecule has 0 aliphatic heterocycles. The molecular weight excluding hydrogens is 107 g/mol. The van der Waals surface area contributed by atoms with Crippen LogP contribution in [0.3, 0.4) is 0 Å². The van der Waals surface area contributed by atoms with Gasteiger partial charge in [-0.3, -0.25) is 0 Å². The summed E-state index contributed by atoms with van der Waals surface area (Å²) >= 11 is 0. The molecule has 1 rings (SSSR count). The minimum absolute atomic E-state index is 0.549. The Morgan fingerprint density at radius 2 is 2.38 bits per heavy atom. The van der Waals surface area contributed by atoms with Gasteiger partial charge in [-0.15, -0.1) is 0 Å². The van der Waals surface area contributed by atoms with Crippen molar-refractivity contribution in [2.24, 2.45) is 0 Å². The zero-order chi connectivity index (χ0) is 7.02. The summed E-state index contributed by atoms with van der Waals surface area (Å²) in [6.07, 6.45) is -0.745. The van der Waals surface area contributed by atoms with Gasteiger partial charge in [0.25, 0.3) is 6.08 Å². The van der Waals surface area contributed by atoms with Gasteiger partial charge in [-0.2, -0.15) is 4.39 Å². The van der Waals surface area contributed by atoms with Gasteiger partial charge in [0.15, 0.2) is 1.41 Å². The highest BCUT2D eigenvalue weighted by Gasteiger charge is 1.97. The second-order valence-electron chi connectivity index (χ2n) is 1.66. The lowest BCUT2D eigenvalue weighted by Crippen LogP contribution is -1.71. The number of aryl methyl sites for hydroxylation is 1. The molecule has 0 saturated heterocycles. The van der Waals surface area contributed by atoms with E-state index >= 15 is 0 Å². The van der Waals surface area contributed by atoms with Crippen LogP contribution in [0.1, 0.15) is 11.4 Å². The van der Waals surface area contributed by atoms with Crippen LogP contribution in [0.15, 0.2) is 0 Å². The van der Waals surface area contributed by atoms with E-state index in [0.717, 1.165) is 0 Å². The van der Waals surface area contributed by atoms with Crippen molar-refractivity contribution in [3.05, 3.63) is 17.5 Å². The number of nitrogens with one attached hydrogen (secondary N) is 1. The summed E-state index contributed by atoms with van der Waals surface area (Å²) in [4.78, 5) is 4.09. The van der Waals surface area contributed by atoms with Crippen molar-refractivity contribution in [2.75, 3.05) is 0 Å². The molecule has 0 spiro atoms. The third-order valence-corrected chi connectivity index (χ3v) is 1.04. The van der Waals surface area contributed by atoms with Gasteiger partial charge >= 0.3 is 0 Å². The van der Waals surface area contributed by atoms with Gasteiger partial charge in [0.05, 0.1) is 5.69 Å². The molecule has 1 aromatic heterocycles. The van der Waals surface area contributed by atoms with Gasteiger partial charge < -0.3 is 4.98 Å². The van der Waals surface area contributed by atoms with Crippen LogP contribution in [-0.4, -0.2) is 9.96 Å². The highest BCUT2D eigenvalue weighted by Crippen LogP contribution is 1.99. The molecule has 2 nitrogen and oxygen atoms in total. The van der Waals surface area contributed by atoms with Crippen molar-refractivity contribution in [3.63, 3.8) is 0 Å². The fraction of sp³-hybridized carbons (Fsp3) is 0.400. The SMILES string of the molecule is [2H]n1c(F)nc(C)c1C. The number of aromatic nitrogens is 2. The minimum Gasteiger partial charge on any atom is -0.318 e. The zero-order valence-corrected chi connectivity index (χ0v) is 4.77. The van der Waals surface area contributed by atoms with Gasteiger partial charge in [0.1, 0.15) is 0 Å². The van der Waals surface area contributed by atoms with E-state index in [-0.39, 0.29) is 0 Å². The molecule has 8 heavy (non-hydrogen) atoms. The van der Waals surface area contributed by atoms with Gasteiger partial charge in [-0.05, 0) is 13.8 Å². The lowest BCUT2D eigenvalue weighted by molar-refractivity contribution is 0.550. The van der Waals surface area contributed by atoms with E-state index in [2.05, 4.69) is 4.98 Å². The Hall–Kier alpha value is -0.860. The molecule has 1 aromatic rings. The number of hydrogen-bond acceptors (Lipinski definition) is 1. The van der Waals surface area contributed by atoms with E-state index in [4.69, 9.17) is 1.41 Å². The summed E-state index contributed by atoms with van der Waals surface area (Å²) in [5, 5.41) is 0. The van der Waals surface area contributed by atoms with Crippen LogP contribution in [0.5, 0.6) is 0 Å². The fourth-order valence-electron chi connectivity index (χ4n) is 0.464. The van der Waals surface area contributed by atoms with E-state index in [1.54, 1.807) is 13.8 Å². The van der Waals surface area contributed by atoms with Crippen molar-refractivity contribution >= 4 is 0 Å². The molecule has 0 unspecified atom stereocenters. The Morgan fingerprint density at radius 1 is 1.75 bits per heavy atom. The Balaban J connectivity index is 3.29. The van der Waals surface area contributed by atoms with E-state index in [1.165, 1.54) is 0 Å². The quantitative estimate of drug-likeness (QED) is 0.540. The Morgan fingerprint density at radius 3 is 2.50 bits per heavy atom. The first-order valence-corrected chi connectivity index (χ1v) is 2.33. The molecule has 0 fully saturated rings. The first-order chi connectivity index (χ1) is 4.13. The Kier molecular flexibility index (Phi) is 0.801. The first kappa shape index (κ1) is 4.06. The van der Waals surface area contributed by atoms with Crippen LogP contribution in [0.2, 0.25) is 1.41 Å². The first-order valence-electron chi connectivity index (χ1n) is 2.78. The van der Waals surface area contributed by atoms with Gasteiger partial charge in [-0.25, -0.2) is 4.98 Å². The topological polar surface area (TPSA) is 28.7 Å². The highest BCUT2D eigenvalue weighted by molar-refractivity contribution is 5.05. The fourth-order valence-corrected chi connectivity index (χ4v) is 0.464. The number of halogens is 1. The molecule has 0 radical (unpaired) electrons. The van der Waals surface area contributed by atoms with Crippen LogP contribution in [0.25, 0.3) is 0 Å². The van der Waals surface area contributed by atoms with E-state index < -0.39 is 6.08 Å². The van der Waals surface area contributed by atoms with Gasteiger partial charge in [-0.1, -0.05) is 0 Å². The number of rotatable bonds is 0. The summed E-state index contributed by atoms with van der Waals surface area (Å²) in [6.45, 7) is 3.32. The number of H-pyrrole nitrogens is 1. The number of imidazole rings is 1. The Labute approximate surface area is 48.2 Å². The average molecular weight is 115 g/mol. The van der Waals surface area contributed by atoms with Crippen molar-refractivity contribution in [2.45, 2.75) is 13.8 Å². The third kappa shape index (κ3) is 0.710. The number of nitrogens with zero attached hydrogens (tertiary/aromatic N) is 1. The Bertz CT molecular complexity index is 209. The second kappa shape index (κ2) is 1.58. The van der Waals surface area contributed by atoms with Crippen molar-refractivity contribution < 1.29 is 5.80 Å². The maximum Gasteiger partial charge on any atom is 0.286 e. The maximum absolute atomic E-state index is 12.3. The lowest BCUT2D eigenvalue weighted by atomic mass is 10.4. The molecule has 0 bridgehead atoms. The van der Waals surface area contributed by atoms with Crippen molar-refractivity contribution in [3.8, 4) is 0 Å². The summed E-state index contributed by atoms with van der Waals surface area (Å²) in [5.74, 6) is 0. The standard InChI is InChI=1S/C5H7FN2/c1-3-4(2)8-5(6)7-3/h1-2H3,(H,7,8)/i/hD. The monoisotopic (exact) mass is 115 g/mol. The third-order valence-electron chi connectivity index (χ3n) is 1.04. The predicted octanol–water partition coefficient (Wildman–Crippen LogP) is 1.17. The second-order valence-corrected chi connectivity index (χ2v) is 1.66. The molecule has 0 aromatic carbocycles. The van der Waals surface area contributed by atoms with E-state index in [9.17, 15) is 4.39 Å². The van der Waals surface area contributed by atoms with Crippen molar-refractivity contribution in [1.29, 1.82) is 0 Å². The van der Waals surface area contributed by atoms with E-state index in [1.807, 2.05) is 0 Å². The molecule has 0 aliphatic carbocycles. The van der Waals surface area contributed by atoms with Gasteiger partial charge in [0.2, 0.25) is 0 Å². The van der Waals surface area contributed by atoms with Crippen LogP contribution >= 0.6 is 0 Å². The van der Waals surface area contributed by atoms with Crippen molar-refractivity contribution in [1.82, 2.24) is 9.96 Å². The predicted molar refractivity (Wildman–Crippen MR) is 28.0 cm³/mol. The molecular formula is C5H7FN2. The minimum atomic E-state index is -0.745. The van der Waals surface area contributed by atoms with Crippen LogP contribution in [0, 0.1) is 19.9 Å². The molecule has 0 amide bonds. The summed E-state index contributed by atoms with van der Waals surface area (Å²) in [7, 11) is 0. The smallest absolute Gasteiger partial charge is 0.286 e. The molecule has 44 valence electrons. The largest absolute Gasteiger partial charge is 0.318 e. The van der Waals surface area contributed by atoms with Crippen LogP contribution in [-0.2, 0) is 0 Å². The van der Waals surface area contributed by atoms with Gasteiger partial charge in [0, 0.05) is 5.69 Å². The molecule has 1 N–H and O–H groups in total. The lowest BCUT2D eigenvalue weighted by Gasteiger charge is -1.78. The summed E-state index contributed by atoms with van der Waals surface area (Å²) in [6, 6.07) is 0.